The van der Waals surface area contributed by atoms with Crippen molar-refractivity contribution in [2.75, 3.05) is 6.61 Å². The van der Waals surface area contributed by atoms with Gasteiger partial charge in [-0.25, -0.2) is 0 Å². The van der Waals surface area contributed by atoms with Gasteiger partial charge in [0.2, 0.25) is 0 Å². The van der Waals surface area contributed by atoms with E-state index in [-0.39, 0.29) is 17.6 Å². The normalized spacial score (nSPS) is 20.7. The quantitative estimate of drug-likeness (QED) is 0.678. The molecule has 0 spiro atoms. The number of carbonyl (C=O) groups is 1. The number of hydrogen-bond acceptors (Lipinski definition) is 2. The molecular formula is C14H18O2. The van der Waals surface area contributed by atoms with E-state index in [0.717, 1.165) is 11.3 Å². The molecule has 0 aromatic heterocycles. The third-order valence-electron chi connectivity index (χ3n) is 2.69. The number of aryl methyl sites for hydroxylation is 1. The zero-order valence-electron chi connectivity index (χ0n) is 11.0. The molecule has 2 nitrogen and oxygen atoms in total. The number of carbonyl (C=O) groups excluding carboxylic acids is 1. The molecule has 2 heteroatoms. The molecule has 1 aliphatic rings. The Balaban J connectivity index is 2.39. The van der Waals surface area contributed by atoms with Crippen LogP contribution in [0.1, 0.15) is 44.5 Å². The van der Waals surface area contributed by atoms with Gasteiger partial charge in [-0.05, 0) is 36.6 Å². The summed E-state index contributed by atoms with van der Waals surface area (Å²) in [5, 5.41) is 0. The van der Waals surface area contributed by atoms with E-state index in [1.165, 1.54) is 0 Å². The zero-order chi connectivity index (χ0) is 12.6. The predicted octanol–water partition coefficient (Wildman–Crippen LogP) is 3.24. The first-order valence-electron chi connectivity index (χ1n) is 6.21. The van der Waals surface area contributed by atoms with E-state index in [1.807, 2.05) is 32.9 Å². The van der Waals surface area contributed by atoms with Crippen LogP contribution in [-0.2, 0) is 6.40 Å². The van der Waals surface area contributed by atoms with Gasteiger partial charge in [-0.1, -0.05) is 20.8 Å². The molecule has 0 saturated heterocycles. The molecule has 0 N–H and O–H groups in total. The molecule has 1 atom stereocenters. The maximum absolute atomic E-state index is 12.2. The van der Waals surface area contributed by atoms with Crippen LogP contribution in [0.2, 0.25) is 0 Å². The van der Waals surface area contributed by atoms with E-state index in [4.69, 9.17) is 6.11 Å². The molecule has 0 aliphatic carbocycles. The predicted molar refractivity (Wildman–Crippen MR) is 64.0 cm³/mol. The van der Waals surface area contributed by atoms with Crippen LogP contribution in [0.15, 0.2) is 18.2 Å². The third kappa shape index (κ3) is 2.11. The molecule has 2 rings (SSSR count). The Labute approximate surface area is 98.0 Å². The van der Waals surface area contributed by atoms with Crippen LogP contribution in [0.3, 0.4) is 0 Å². The minimum Gasteiger partial charge on any atom is -0.493 e. The van der Waals surface area contributed by atoms with Crippen molar-refractivity contribution in [3.05, 3.63) is 29.3 Å². The molecule has 1 heterocycles. The highest BCUT2D eigenvalue weighted by molar-refractivity contribution is 6.00. The van der Waals surface area contributed by atoms with E-state index < -0.39 is 0 Å². The summed E-state index contributed by atoms with van der Waals surface area (Å²) in [6, 6.07) is 5.43. The second kappa shape index (κ2) is 3.93. The van der Waals surface area contributed by atoms with Gasteiger partial charge in [0, 0.05) is 12.3 Å². The van der Waals surface area contributed by atoms with Crippen molar-refractivity contribution < 1.29 is 10.9 Å². The van der Waals surface area contributed by atoms with Crippen molar-refractivity contribution >= 4 is 5.78 Å². The van der Waals surface area contributed by atoms with Crippen LogP contribution in [0.5, 0.6) is 5.75 Å². The Bertz CT molecular complexity index is 446. The molecule has 1 aromatic carbocycles. The third-order valence-corrected chi connectivity index (χ3v) is 2.69. The maximum Gasteiger partial charge on any atom is 0.168 e. The second-order valence-corrected chi connectivity index (χ2v) is 5.17. The van der Waals surface area contributed by atoms with Gasteiger partial charge in [-0.3, -0.25) is 4.79 Å². The molecule has 0 saturated carbocycles. The minimum absolute atomic E-state index is 0.109. The summed E-state index contributed by atoms with van der Waals surface area (Å²) in [6.07, 6.45) is 0.423. The lowest BCUT2D eigenvalue weighted by Crippen LogP contribution is -2.20. The number of hydrogen-bond donors (Lipinski definition) is 0. The van der Waals surface area contributed by atoms with Gasteiger partial charge in [0.1, 0.15) is 5.75 Å². The Morgan fingerprint density at radius 1 is 1.44 bits per heavy atom. The molecule has 16 heavy (non-hydrogen) atoms. The standard InChI is InChI=1S/C14H18O2/c1-14(2,3)13(15)11-6-7-12-10(9-11)5-4-8-16-12/h6-7,9H,4-5,8H2,1-3H3/i5D. The first-order valence-corrected chi connectivity index (χ1v) is 5.63. The van der Waals surface area contributed by atoms with Crippen molar-refractivity contribution in [2.24, 2.45) is 5.41 Å². The Hall–Kier alpha value is -1.31. The molecule has 1 unspecified atom stereocenters. The Morgan fingerprint density at radius 2 is 2.19 bits per heavy atom. The van der Waals surface area contributed by atoms with E-state index in [9.17, 15) is 4.79 Å². The summed E-state index contributed by atoms with van der Waals surface area (Å²) in [7, 11) is 0. The van der Waals surface area contributed by atoms with Crippen LogP contribution in [0.25, 0.3) is 0 Å². The van der Waals surface area contributed by atoms with Gasteiger partial charge in [0.25, 0.3) is 0 Å². The largest absolute Gasteiger partial charge is 0.493 e. The monoisotopic (exact) mass is 219 g/mol. The molecule has 0 bridgehead atoms. The van der Waals surface area contributed by atoms with Crippen LogP contribution in [-0.4, -0.2) is 12.4 Å². The first kappa shape index (κ1) is 9.88. The summed E-state index contributed by atoms with van der Waals surface area (Å²) in [4.78, 5) is 12.2. The molecule has 1 aromatic rings. The fourth-order valence-electron chi connectivity index (χ4n) is 1.80. The van der Waals surface area contributed by atoms with Gasteiger partial charge >= 0.3 is 0 Å². The molecule has 0 amide bonds. The lowest BCUT2D eigenvalue weighted by atomic mass is 9.85. The number of fused-ring (bicyclic) bond motifs is 1. The van der Waals surface area contributed by atoms with E-state index in [1.54, 1.807) is 6.07 Å². The Morgan fingerprint density at radius 3 is 2.88 bits per heavy atom. The lowest BCUT2D eigenvalue weighted by Gasteiger charge is -2.20. The van der Waals surface area contributed by atoms with Gasteiger partial charge < -0.3 is 4.74 Å². The van der Waals surface area contributed by atoms with Crippen LogP contribution < -0.4 is 4.74 Å². The number of ketones is 1. The van der Waals surface area contributed by atoms with Gasteiger partial charge in [-0.2, -0.15) is 0 Å². The van der Waals surface area contributed by atoms with Crippen molar-refractivity contribution in [2.45, 2.75) is 33.6 Å². The highest BCUT2D eigenvalue weighted by Gasteiger charge is 2.24. The average Bonchev–Trinajstić information content (AvgIpc) is 2.27. The molecule has 0 fully saturated rings. The zero-order valence-corrected chi connectivity index (χ0v) is 10.0. The van der Waals surface area contributed by atoms with Crippen molar-refractivity contribution in [3.63, 3.8) is 0 Å². The van der Waals surface area contributed by atoms with Crippen molar-refractivity contribution in [1.29, 1.82) is 0 Å². The highest BCUT2D eigenvalue weighted by Crippen LogP contribution is 2.28. The summed E-state index contributed by atoms with van der Waals surface area (Å²) in [5.41, 5.74) is 1.13. The fraction of sp³-hybridized carbons (Fsp3) is 0.500. The van der Waals surface area contributed by atoms with Crippen molar-refractivity contribution in [3.8, 4) is 5.75 Å². The first-order chi connectivity index (χ1) is 7.89. The lowest BCUT2D eigenvalue weighted by molar-refractivity contribution is 0.0858. The summed E-state index contributed by atoms with van der Waals surface area (Å²) < 4.78 is 13.4. The second-order valence-electron chi connectivity index (χ2n) is 5.17. The maximum atomic E-state index is 12.2. The number of Topliss-reactive ketones (excluding diaryl/α,β-unsaturated/α-hetero) is 1. The average molecular weight is 219 g/mol. The number of ether oxygens (including phenoxy) is 1. The molecular weight excluding hydrogens is 200 g/mol. The molecule has 1 aliphatic heterocycles. The highest BCUT2D eigenvalue weighted by atomic mass is 16.5. The van der Waals surface area contributed by atoms with E-state index in [2.05, 4.69) is 0 Å². The molecule has 86 valence electrons. The minimum atomic E-state index is -0.388. The summed E-state index contributed by atoms with van der Waals surface area (Å²) in [5.74, 6) is 0.861. The van der Waals surface area contributed by atoms with E-state index >= 15 is 0 Å². The van der Waals surface area contributed by atoms with Crippen LogP contribution in [0, 0.1) is 5.41 Å². The van der Waals surface area contributed by atoms with Crippen LogP contribution in [0.4, 0.5) is 0 Å². The number of rotatable bonds is 1. The SMILES string of the molecule is [2H]C1CCOc2ccc(C(=O)C(C)(C)C)cc21. The summed E-state index contributed by atoms with van der Waals surface area (Å²) >= 11 is 0. The van der Waals surface area contributed by atoms with Crippen molar-refractivity contribution in [1.82, 2.24) is 0 Å². The molecule has 0 radical (unpaired) electrons. The fourth-order valence-corrected chi connectivity index (χ4v) is 1.80. The van der Waals surface area contributed by atoms with E-state index in [0.29, 0.717) is 18.6 Å². The smallest absolute Gasteiger partial charge is 0.168 e. The summed E-state index contributed by atoms with van der Waals surface area (Å²) in [6.45, 7) is 6.31. The Kier molecular flexibility index (Phi) is 2.43. The van der Waals surface area contributed by atoms with Crippen LogP contribution >= 0.6 is 0 Å². The van der Waals surface area contributed by atoms with Gasteiger partial charge in [0.15, 0.2) is 5.78 Å². The topological polar surface area (TPSA) is 26.3 Å². The van der Waals surface area contributed by atoms with Gasteiger partial charge in [-0.15, -0.1) is 0 Å². The van der Waals surface area contributed by atoms with Gasteiger partial charge in [0.05, 0.1) is 6.61 Å². The number of benzene rings is 1.